The number of benzene rings is 2. The van der Waals surface area contributed by atoms with Crippen LogP contribution in [0, 0.1) is 0 Å². The summed E-state index contributed by atoms with van der Waals surface area (Å²) in [4.78, 5) is 4.78. The van der Waals surface area contributed by atoms with Gasteiger partial charge in [0.25, 0.3) is 0 Å². The predicted octanol–water partition coefficient (Wildman–Crippen LogP) is 7.06. The molecule has 0 saturated heterocycles. The van der Waals surface area contributed by atoms with Crippen molar-refractivity contribution in [2.75, 3.05) is 5.32 Å². The van der Waals surface area contributed by atoms with Crippen molar-refractivity contribution in [2.45, 2.75) is 44.6 Å². The average molecular weight is 403 g/mol. The molecular formula is C26H27ClN2. The minimum Gasteiger partial charge on any atom is -0.378 e. The molecule has 3 heteroatoms. The SMILES string of the molecule is CC1(C)C(/C=C/C=C(Cl)/C=C/C2Nc3ccccc3C2(C)C)=Nc2ccccc21. The van der Waals surface area contributed by atoms with Gasteiger partial charge in [-0.05, 0) is 41.5 Å². The van der Waals surface area contributed by atoms with Gasteiger partial charge >= 0.3 is 0 Å². The molecule has 0 radical (unpaired) electrons. The lowest BCUT2D eigenvalue weighted by Gasteiger charge is -2.25. The molecule has 0 saturated carbocycles. The maximum Gasteiger partial charge on any atom is 0.0674 e. The van der Waals surface area contributed by atoms with Gasteiger partial charge in [0.05, 0.1) is 17.4 Å². The lowest BCUT2D eigenvalue weighted by Crippen LogP contribution is -2.31. The predicted molar refractivity (Wildman–Crippen MR) is 126 cm³/mol. The summed E-state index contributed by atoms with van der Waals surface area (Å²) < 4.78 is 0. The number of nitrogens with one attached hydrogen (secondary N) is 1. The van der Waals surface area contributed by atoms with E-state index >= 15 is 0 Å². The van der Waals surface area contributed by atoms with Gasteiger partial charge in [0.15, 0.2) is 0 Å². The van der Waals surface area contributed by atoms with Crippen molar-refractivity contribution in [3.05, 3.63) is 95.1 Å². The molecule has 148 valence electrons. The Morgan fingerprint density at radius 3 is 2.41 bits per heavy atom. The Hall–Kier alpha value is -2.58. The van der Waals surface area contributed by atoms with E-state index in [1.165, 1.54) is 16.8 Å². The first kappa shape index (κ1) is 19.7. The van der Waals surface area contributed by atoms with E-state index in [1.807, 2.05) is 24.3 Å². The van der Waals surface area contributed by atoms with E-state index in [9.17, 15) is 0 Å². The van der Waals surface area contributed by atoms with E-state index in [-0.39, 0.29) is 16.9 Å². The molecule has 1 atom stereocenters. The van der Waals surface area contributed by atoms with Crippen molar-refractivity contribution < 1.29 is 0 Å². The van der Waals surface area contributed by atoms with Crippen molar-refractivity contribution in [2.24, 2.45) is 4.99 Å². The number of halogens is 1. The lowest BCUT2D eigenvalue weighted by molar-refractivity contribution is 0.518. The Morgan fingerprint density at radius 1 is 1.00 bits per heavy atom. The fourth-order valence-electron chi connectivity index (χ4n) is 4.20. The summed E-state index contributed by atoms with van der Waals surface area (Å²) in [5, 5.41) is 4.29. The summed E-state index contributed by atoms with van der Waals surface area (Å²) in [5.41, 5.74) is 5.85. The van der Waals surface area contributed by atoms with Crippen LogP contribution < -0.4 is 5.32 Å². The number of nitrogens with zero attached hydrogens (tertiary/aromatic N) is 1. The molecule has 0 fully saturated rings. The molecule has 1 unspecified atom stereocenters. The topological polar surface area (TPSA) is 24.4 Å². The molecule has 2 aliphatic rings. The zero-order valence-corrected chi connectivity index (χ0v) is 18.2. The Bertz CT molecular complexity index is 1050. The molecule has 0 bridgehead atoms. The van der Waals surface area contributed by atoms with Gasteiger partial charge in [-0.15, -0.1) is 0 Å². The molecule has 2 nitrogen and oxygen atoms in total. The van der Waals surface area contributed by atoms with Crippen LogP contribution >= 0.6 is 11.6 Å². The minimum atomic E-state index is -0.0905. The second-order valence-electron chi connectivity index (χ2n) is 8.80. The van der Waals surface area contributed by atoms with Crippen LogP contribution in [0.15, 0.2) is 88.9 Å². The van der Waals surface area contributed by atoms with Crippen molar-refractivity contribution in [1.82, 2.24) is 0 Å². The van der Waals surface area contributed by atoms with Crippen LogP contribution in [0.4, 0.5) is 11.4 Å². The number of allylic oxidation sites excluding steroid dienone is 5. The molecule has 0 spiro atoms. The lowest BCUT2D eigenvalue weighted by atomic mass is 9.80. The quantitative estimate of drug-likeness (QED) is 0.544. The summed E-state index contributed by atoms with van der Waals surface area (Å²) in [5.74, 6) is 0. The number of aliphatic imine (C=N–C) groups is 1. The van der Waals surface area contributed by atoms with Crippen LogP contribution in [0.1, 0.15) is 38.8 Å². The minimum absolute atomic E-state index is 0.0223. The van der Waals surface area contributed by atoms with Crippen molar-refractivity contribution in [1.29, 1.82) is 0 Å². The number of hydrogen-bond acceptors (Lipinski definition) is 2. The number of para-hydroxylation sites is 2. The van der Waals surface area contributed by atoms with Crippen LogP contribution in [-0.2, 0) is 10.8 Å². The molecule has 0 aromatic heterocycles. The van der Waals surface area contributed by atoms with Crippen LogP contribution in [0.25, 0.3) is 0 Å². The summed E-state index contributed by atoms with van der Waals surface area (Å²) >= 11 is 6.46. The molecule has 4 rings (SSSR count). The van der Waals surface area contributed by atoms with Crippen LogP contribution in [0.5, 0.6) is 0 Å². The maximum atomic E-state index is 6.46. The van der Waals surface area contributed by atoms with Crippen LogP contribution in [-0.4, -0.2) is 11.8 Å². The van der Waals surface area contributed by atoms with E-state index in [0.717, 1.165) is 11.4 Å². The highest BCUT2D eigenvalue weighted by atomic mass is 35.5. The molecule has 2 aromatic rings. The normalized spacial score (nSPS) is 21.9. The molecule has 2 heterocycles. The van der Waals surface area contributed by atoms with Crippen molar-refractivity contribution in [3.63, 3.8) is 0 Å². The monoisotopic (exact) mass is 402 g/mol. The zero-order valence-electron chi connectivity index (χ0n) is 17.4. The number of anilines is 1. The number of fused-ring (bicyclic) bond motifs is 2. The first-order valence-corrected chi connectivity index (χ1v) is 10.4. The third-order valence-corrected chi connectivity index (χ3v) is 6.38. The van der Waals surface area contributed by atoms with E-state index in [2.05, 4.69) is 87.6 Å². The smallest absolute Gasteiger partial charge is 0.0674 e. The largest absolute Gasteiger partial charge is 0.378 e. The molecule has 0 amide bonds. The Balaban J connectivity index is 1.46. The summed E-state index contributed by atoms with van der Waals surface area (Å²) in [6, 6.07) is 17.0. The van der Waals surface area contributed by atoms with Gasteiger partial charge < -0.3 is 5.32 Å². The molecule has 1 N–H and O–H groups in total. The van der Waals surface area contributed by atoms with E-state index in [0.29, 0.717) is 5.03 Å². The summed E-state index contributed by atoms with van der Waals surface area (Å²) in [6.45, 7) is 8.93. The molecular weight excluding hydrogens is 376 g/mol. The van der Waals surface area contributed by atoms with Gasteiger partial charge in [-0.3, -0.25) is 4.99 Å². The molecule has 2 aromatic carbocycles. The third-order valence-electron chi connectivity index (χ3n) is 6.13. The first-order chi connectivity index (χ1) is 13.8. The number of rotatable bonds is 4. The second-order valence-corrected chi connectivity index (χ2v) is 9.23. The Labute approximate surface area is 178 Å². The fourth-order valence-corrected chi connectivity index (χ4v) is 4.35. The van der Waals surface area contributed by atoms with Gasteiger partial charge in [-0.1, -0.05) is 87.8 Å². The van der Waals surface area contributed by atoms with E-state index < -0.39 is 0 Å². The highest BCUT2D eigenvalue weighted by Crippen LogP contribution is 2.41. The molecule has 0 aliphatic carbocycles. The highest BCUT2D eigenvalue weighted by Gasteiger charge is 2.37. The fraction of sp³-hybridized carbons (Fsp3) is 0.269. The summed E-state index contributed by atoms with van der Waals surface area (Å²) in [7, 11) is 0. The first-order valence-electron chi connectivity index (χ1n) is 10.1. The summed E-state index contributed by atoms with van der Waals surface area (Å²) in [6.07, 6.45) is 10.1. The molecule has 29 heavy (non-hydrogen) atoms. The van der Waals surface area contributed by atoms with E-state index in [1.54, 1.807) is 0 Å². The van der Waals surface area contributed by atoms with Crippen molar-refractivity contribution >= 4 is 28.7 Å². The van der Waals surface area contributed by atoms with Gasteiger partial charge in [-0.2, -0.15) is 0 Å². The molecule has 2 aliphatic heterocycles. The second kappa shape index (κ2) is 7.35. The van der Waals surface area contributed by atoms with Gasteiger partial charge in [0, 0.05) is 21.5 Å². The van der Waals surface area contributed by atoms with Crippen LogP contribution in [0.2, 0.25) is 0 Å². The Morgan fingerprint density at radius 2 is 1.69 bits per heavy atom. The highest BCUT2D eigenvalue weighted by molar-refractivity contribution is 6.31. The van der Waals surface area contributed by atoms with Crippen molar-refractivity contribution in [3.8, 4) is 0 Å². The Kier molecular flexibility index (Phi) is 5.00. The third kappa shape index (κ3) is 3.58. The van der Waals surface area contributed by atoms with Gasteiger partial charge in [0.1, 0.15) is 0 Å². The van der Waals surface area contributed by atoms with Crippen LogP contribution in [0.3, 0.4) is 0 Å². The number of hydrogen-bond donors (Lipinski definition) is 1. The van der Waals surface area contributed by atoms with E-state index in [4.69, 9.17) is 16.6 Å². The zero-order chi connectivity index (χ0) is 20.6. The average Bonchev–Trinajstić information content (AvgIpc) is 3.10. The van der Waals surface area contributed by atoms with Gasteiger partial charge in [0.2, 0.25) is 0 Å². The standard InChI is InChI=1S/C26H27ClN2/c1-25(2)19-11-5-7-13-21(19)28-23(25)15-9-10-18(27)16-17-24-26(3,4)20-12-6-8-14-22(20)29-24/h5-17,24,29H,1-4H3/b15-9+,17-16+,18-10-. The maximum absolute atomic E-state index is 6.46. The van der Waals surface area contributed by atoms with Gasteiger partial charge in [-0.25, -0.2) is 0 Å².